The third kappa shape index (κ3) is 5.20. The van der Waals surface area contributed by atoms with E-state index in [2.05, 4.69) is 6.07 Å². The van der Waals surface area contributed by atoms with Crippen LogP contribution in [0, 0.1) is 0 Å². The highest BCUT2D eigenvalue weighted by Gasteiger charge is 2.08. The monoisotopic (exact) mass is 237 g/mol. The number of ether oxygens (including phenoxy) is 2. The lowest BCUT2D eigenvalue weighted by Gasteiger charge is -2.15. The van der Waals surface area contributed by atoms with Crippen LogP contribution < -0.4 is 10.5 Å². The molecule has 0 aromatic heterocycles. The van der Waals surface area contributed by atoms with Gasteiger partial charge >= 0.3 is 0 Å². The maximum atomic E-state index is 6.08. The maximum Gasteiger partial charge on any atom is 0.122 e. The van der Waals surface area contributed by atoms with Gasteiger partial charge in [-0.05, 0) is 38.3 Å². The summed E-state index contributed by atoms with van der Waals surface area (Å²) >= 11 is 0. The van der Waals surface area contributed by atoms with Crippen LogP contribution in [0.1, 0.15) is 25.8 Å². The number of hydrogen-bond acceptors (Lipinski definition) is 3. The van der Waals surface area contributed by atoms with E-state index in [-0.39, 0.29) is 12.1 Å². The van der Waals surface area contributed by atoms with Gasteiger partial charge in [0.1, 0.15) is 5.75 Å². The van der Waals surface area contributed by atoms with E-state index in [1.807, 2.05) is 32.0 Å². The minimum atomic E-state index is 0.116. The van der Waals surface area contributed by atoms with Crippen molar-refractivity contribution in [3.63, 3.8) is 0 Å². The summed E-state index contributed by atoms with van der Waals surface area (Å²) in [6.45, 7) is 4.78. The molecule has 0 saturated carbocycles. The molecule has 1 unspecified atom stereocenters. The molecule has 17 heavy (non-hydrogen) atoms. The van der Waals surface area contributed by atoms with Crippen molar-refractivity contribution in [1.29, 1.82) is 0 Å². The van der Waals surface area contributed by atoms with Crippen LogP contribution in [0.5, 0.6) is 5.75 Å². The summed E-state index contributed by atoms with van der Waals surface area (Å²) in [6.07, 6.45) is 1.97. The highest BCUT2D eigenvalue weighted by atomic mass is 16.5. The molecule has 0 aliphatic rings. The first kappa shape index (κ1) is 14.0. The summed E-state index contributed by atoms with van der Waals surface area (Å²) in [4.78, 5) is 0. The lowest BCUT2D eigenvalue weighted by Crippen LogP contribution is -2.25. The fourth-order valence-corrected chi connectivity index (χ4v) is 1.71. The molecular formula is C14H23NO2. The van der Waals surface area contributed by atoms with Gasteiger partial charge in [0, 0.05) is 12.6 Å². The van der Waals surface area contributed by atoms with Gasteiger partial charge in [-0.1, -0.05) is 18.2 Å². The summed E-state index contributed by atoms with van der Waals surface area (Å²) < 4.78 is 10.8. The van der Waals surface area contributed by atoms with Gasteiger partial charge in [0.2, 0.25) is 0 Å². The molecule has 0 saturated heterocycles. The number of hydrogen-bond donors (Lipinski definition) is 1. The molecule has 2 N–H and O–H groups in total. The molecule has 3 heteroatoms. The Balaban J connectivity index is 2.41. The number of methoxy groups -OCH3 is 1. The van der Waals surface area contributed by atoms with Gasteiger partial charge in [-0.25, -0.2) is 0 Å². The molecule has 1 aromatic carbocycles. The van der Waals surface area contributed by atoms with Crippen molar-refractivity contribution in [2.24, 2.45) is 5.73 Å². The molecule has 0 bridgehead atoms. The van der Waals surface area contributed by atoms with Crippen molar-refractivity contribution in [3.8, 4) is 5.75 Å². The van der Waals surface area contributed by atoms with Gasteiger partial charge in [-0.15, -0.1) is 0 Å². The van der Waals surface area contributed by atoms with E-state index in [0.29, 0.717) is 6.61 Å². The molecule has 0 radical (unpaired) electrons. The quantitative estimate of drug-likeness (QED) is 0.792. The van der Waals surface area contributed by atoms with Crippen molar-refractivity contribution in [2.45, 2.75) is 38.8 Å². The zero-order valence-corrected chi connectivity index (χ0v) is 11.0. The van der Waals surface area contributed by atoms with Crippen LogP contribution in [0.4, 0.5) is 0 Å². The third-order valence-electron chi connectivity index (χ3n) is 2.61. The van der Waals surface area contributed by atoms with E-state index in [4.69, 9.17) is 15.2 Å². The normalized spacial score (nSPS) is 12.8. The molecule has 1 rings (SSSR count). The van der Waals surface area contributed by atoms with E-state index in [9.17, 15) is 0 Å². The predicted molar refractivity (Wildman–Crippen MR) is 70.4 cm³/mol. The maximum absolute atomic E-state index is 6.08. The molecular weight excluding hydrogens is 214 g/mol. The Morgan fingerprint density at radius 3 is 2.59 bits per heavy atom. The predicted octanol–water partition coefficient (Wildman–Crippen LogP) is 2.38. The van der Waals surface area contributed by atoms with Crippen molar-refractivity contribution in [3.05, 3.63) is 29.8 Å². The summed E-state index contributed by atoms with van der Waals surface area (Å²) in [6, 6.07) is 8.12. The van der Waals surface area contributed by atoms with Gasteiger partial charge in [0.15, 0.2) is 0 Å². The molecule has 0 spiro atoms. The van der Waals surface area contributed by atoms with Crippen LogP contribution in [-0.4, -0.2) is 25.9 Å². The first-order valence-corrected chi connectivity index (χ1v) is 6.12. The smallest absolute Gasteiger partial charge is 0.122 e. The second-order valence-corrected chi connectivity index (χ2v) is 4.48. The Morgan fingerprint density at radius 1 is 1.24 bits per heavy atom. The average Bonchev–Trinajstić information content (AvgIpc) is 2.29. The van der Waals surface area contributed by atoms with Crippen molar-refractivity contribution in [1.82, 2.24) is 0 Å². The van der Waals surface area contributed by atoms with Crippen LogP contribution in [0.2, 0.25) is 0 Å². The second-order valence-electron chi connectivity index (χ2n) is 4.48. The van der Waals surface area contributed by atoms with E-state index < -0.39 is 0 Å². The molecule has 0 aliphatic carbocycles. The molecule has 1 aromatic rings. The van der Waals surface area contributed by atoms with Gasteiger partial charge < -0.3 is 15.2 Å². The van der Waals surface area contributed by atoms with Crippen LogP contribution >= 0.6 is 0 Å². The number of rotatable bonds is 7. The zero-order chi connectivity index (χ0) is 12.7. The SMILES string of the molecule is COc1ccccc1CC(N)CCOC(C)C. The fraction of sp³-hybridized carbons (Fsp3) is 0.571. The average molecular weight is 237 g/mol. The fourth-order valence-electron chi connectivity index (χ4n) is 1.71. The molecule has 0 amide bonds. The van der Waals surface area contributed by atoms with Crippen molar-refractivity contribution < 1.29 is 9.47 Å². The van der Waals surface area contributed by atoms with Crippen LogP contribution in [-0.2, 0) is 11.2 Å². The standard InChI is InChI=1S/C14H23NO2/c1-11(2)17-9-8-13(15)10-12-6-4-5-7-14(12)16-3/h4-7,11,13H,8-10,15H2,1-3H3. The van der Waals surface area contributed by atoms with E-state index in [0.717, 1.165) is 24.2 Å². The van der Waals surface area contributed by atoms with Gasteiger partial charge in [0.05, 0.1) is 13.2 Å². The van der Waals surface area contributed by atoms with Crippen LogP contribution in [0.3, 0.4) is 0 Å². The summed E-state index contributed by atoms with van der Waals surface area (Å²) in [7, 11) is 1.69. The Hall–Kier alpha value is -1.06. The van der Waals surface area contributed by atoms with E-state index in [1.165, 1.54) is 0 Å². The van der Waals surface area contributed by atoms with Crippen LogP contribution in [0.15, 0.2) is 24.3 Å². The molecule has 0 heterocycles. The highest BCUT2D eigenvalue weighted by molar-refractivity contribution is 5.33. The Labute approximate surface area is 104 Å². The summed E-state index contributed by atoms with van der Waals surface area (Å²) in [5.41, 5.74) is 7.24. The zero-order valence-electron chi connectivity index (χ0n) is 11.0. The number of para-hydroxylation sites is 1. The molecule has 0 fully saturated rings. The highest BCUT2D eigenvalue weighted by Crippen LogP contribution is 2.19. The lowest BCUT2D eigenvalue weighted by molar-refractivity contribution is 0.0736. The first-order valence-electron chi connectivity index (χ1n) is 6.12. The Kier molecular flexibility index (Phi) is 6.01. The van der Waals surface area contributed by atoms with Crippen molar-refractivity contribution >= 4 is 0 Å². The van der Waals surface area contributed by atoms with Crippen LogP contribution in [0.25, 0.3) is 0 Å². The molecule has 1 atom stereocenters. The Morgan fingerprint density at radius 2 is 1.94 bits per heavy atom. The third-order valence-corrected chi connectivity index (χ3v) is 2.61. The van der Waals surface area contributed by atoms with E-state index in [1.54, 1.807) is 7.11 Å². The summed E-state index contributed by atoms with van der Waals surface area (Å²) in [5, 5.41) is 0. The molecule has 0 aliphatic heterocycles. The minimum absolute atomic E-state index is 0.116. The molecule has 96 valence electrons. The summed E-state index contributed by atoms with van der Waals surface area (Å²) in [5.74, 6) is 0.910. The Bertz CT molecular complexity index is 326. The van der Waals surface area contributed by atoms with Gasteiger partial charge in [-0.2, -0.15) is 0 Å². The largest absolute Gasteiger partial charge is 0.496 e. The van der Waals surface area contributed by atoms with Gasteiger partial charge in [-0.3, -0.25) is 0 Å². The topological polar surface area (TPSA) is 44.5 Å². The number of nitrogens with two attached hydrogens (primary N) is 1. The van der Waals surface area contributed by atoms with Crippen molar-refractivity contribution in [2.75, 3.05) is 13.7 Å². The second kappa shape index (κ2) is 7.30. The minimum Gasteiger partial charge on any atom is -0.496 e. The number of benzene rings is 1. The first-order chi connectivity index (χ1) is 8.13. The lowest BCUT2D eigenvalue weighted by atomic mass is 10.0. The molecule has 3 nitrogen and oxygen atoms in total. The van der Waals surface area contributed by atoms with Gasteiger partial charge in [0.25, 0.3) is 0 Å². The van der Waals surface area contributed by atoms with E-state index >= 15 is 0 Å².